The summed E-state index contributed by atoms with van der Waals surface area (Å²) in [5.41, 5.74) is 1.48. The fourth-order valence-electron chi connectivity index (χ4n) is 1.68. The Kier molecular flexibility index (Phi) is 4.05. The van der Waals surface area contributed by atoms with Crippen LogP contribution in [0.3, 0.4) is 0 Å². The first-order valence-corrected chi connectivity index (χ1v) is 6.06. The zero-order valence-corrected chi connectivity index (χ0v) is 11.2. The minimum Gasteiger partial charge on any atom is -0.388 e. The van der Waals surface area contributed by atoms with Crippen molar-refractivity contribution in [1.29, 1.82) is 0 Å². The minimum atomic E-state index is -0.488. The van der Waals surface area contributed by atoms with Gasteiger partial charge in [-0.3, -0.25) is 10.1 Å². The summed E-state index contributed by atoms with van der Waals surface area (Å²) in [5, 5.41) is 16.8. The van der Waals surface area contributed by atoms with Crippen LogP contribution < -0.4 is 10.6 Å². The first kappa shape index (κ1) is 14.1. The lowest BCUT2D eigenvalue weighted by molar-refractivity contribution is -0.384. The summed E-state index contributed by atoms with van der Waals surface area (Å²) in [7, 11) is 1.66. The van der Waals surface area contributed by atoms with E-state index in [0.29, 0.717) is 17.1 Å². The Morgan fingerprint density at radius 1 is 1.20 bits per heavy atom. The molecule has 0 heterocycles. The fourth-order valence-corrected chi connectivity index (χ4v) is 1.89. The molecule has 0 spiro atoms. The van der Waals surface area contributed by atoms with Crippen LogP contribution in [0.5, 0.6) is 0 Å². The predicted molar refractivity (Wildman–Crippen MR) is 77.3 cm³/mol. The predicted octanol–water partition coefficient (Wildman–Crippen LogP) is 4.17. The second-order valence-electron chi connectivity index (χ2n) is 4.02. The molecule has 0 amide bonds. The average Bonchev–Trinajstić information content (AvgIpc) is 2.41. The van der Waals surface area contributed by atoms with Gasteiger partial charge in [-0.15, -0.1) is 0 Å². The van der Waals surface area contributed by atoms with Crippen molar-refractivity contribution in [2.75, 3.05) is 17.7 Å². The molecular formula is C13H11ClFN3O2. The molecule has 0 bridgehead atoms. The molecule has 0 fully saturated rings. The van der Waals surface area contributed by atoms with Crippen molar-refractivity contribution in [2.24, 2.45) is 0 Å². The molecule has 2 aromatic carbocycles. The second-order valence-corrected chi connectivity index (χ2v) is 4.43. The number of hydrogen-bond donors (Lipinski definition) is 2. The van der Waals surface area contributed by atoms with E-state index in [1.54, 1.807) is 13.1 Å². The maximum atomic E-state index is 13.0. The van der Waals surface area contributed by atoms with Gasteiger partial charge < -0.3 is 10.6 Å². The van der Waals surface area contributed by atoms with Crippen LogP contribution in [-0.2, 0) is 0 Å². The number of nitrogens with zero attached hydrogens (tertiary/aromatic N) is 1. The number of non-ortho nitro benzene ring substituents is 1. The Hall–Kier alpha value is -2.34. The van der Waals surface area contributed by atoms with Crippen LogP contribution in [0.1, 0.15) is 0 Å². The summed E-state index contributed by atoms with van der Waals surface area (Å²) in [4.78, 5) is 10.4. The zero-order chi connectivity index (χ0) is 14.7. The van der Waals surface area contributed by atoms with Crippen molar-refractivity contribution in [3.8, 4) is 0 Å². The average molecular weight is 296 g/mol. The standard InChI is InChI=1S/C13H11ClFN3O2/c1-16-9-5-10(7-11(6-9)18(19)20)17-13-3-2-8(15)4-12(13)14/h2-7,16-17H,1H3. The van der Waals surface area contributed by atoms with Gasteiger partial charge in [-0.25, -0.2) is 4.39 Å². The summed E-state index contributed by atoms with van der Waals surface area (Å²) >= 11 is 5.90. The van der Waals surface area contributed by atoms with Crippen molar-refractivity contribution in [3.63, 3.8) is 0 Å². The maximum Gasteiger partial charge on any atom is 0.273 e. The Labute approximate surface area is 119 Å². The largest absolute Gasteiger partial charge is 0.388 e. The van der Waals surface area contributed by atoms with Gasteiger partial charge in [0.25, 0.3) is 5.69 Å². The molecular weight excluding hydrogens is 285 g/mol. The Morgan fingerprint density at radius 3 is 2.50 bits per heavy atom. The van der Waals surface area contributed by atoms with Crippen molar-refractivity contribution in [1.82, 2.24) is 0 Å². The molecule has 7 heteroatoms. The molecule has 0 aromatic heterocycles. The molecule has 0 aliphatic heterocycles. The molecule has 0 radical (unpaired) electrons. The van der Waals surface area contributed by atoms with E-state index in [4.69, 9.17) is 11.6 Å². The van der Waals surface area contributed by atoms with Gasteiger partial charge in [0.15, 0.2) is 0 Å². The highest BCUT2D eigenvalue weighted by Gasteiger charge is 2.10. The fraction of sp³-hybridized carbons (Fsp3) is 0.0769. The van der Waals surface area contributed by atoms with Crippen LogP contribution in [0.15, 0.2) is 36.4 Å². The quantitative estimate of drug-likeness (QED) is 0.656. The van der Waals surface area contributed by atoms with Gasteiger partial charge in [0, 0.05) is 30.6 Å². The molecule has 20 heavy (non-hydrogen) atoms. The summed E-state index contributed by atoms with van der Waals surface area (Å²) < 4.78 is 13.0. The number of nitro groups is 1. The molecule has 104 valence electrons. The SMILES string of the molecule is CNc1cc(Nc2ccc(F)cc2Cl)cc([N+](=O)[O-])c1. The van der Waals surface area contributed by atoms with Crippen molar-refractivity contribution in [3.05, 3.63) is 57.4 Å². The maximum absolute atomic E-state index is 13.0. The highest BCUT2D eigenvalue weighted by Crippen LogP contribution is 2.30. The van der Waals surface area contributed by atoms with E-state index < -0.39 is 10.7 Å². The van der Waals surface area contributed by atoms with Gasteiger partial charge in [0.05, 0.1) is 15.6 Å². The molecule has 5 nitrogen and oxygen atoms in total. The van der Waals surface area contributed by atoms with Crippen LogP contribution in [0.4, 0.5) is 27.1 Å². The molecule has 0 saturated heterocycles. The minimum absolute atomic E-state index is 0.0578. The van der Waals surface area contributed by atoms with Gasteiger partial charge in [-0.05, 0) is 24.3 Å². The normalized spacial score (nSPS) is 10.2. The lowest BCUT2D eigenvalue weighted by Crippen LogP contribution is -1.97. The third-order valence-corrected chi connectivity index (χ3v) is 2.94. The third-order valence-electron chi connectivity index (χ3n) is 2.63. The smallest absolute Gasteiger partial charge is 0.273 e. The van der Waals surface area contributed by atoms with E-state index in [9.17, 15) is 14.5 Å². The van der Waals surface area contributed by atoms with E-state index in [1.165, 1.54) is 30.3 Å². The Morgan fingerprint density at radius 2 is 1.90 bits per heavy atom. The molecule has 0 aliphatic rings. The topological polar surface area (TPSA) is 67.2 Å². The molecule has 2 aromatic rings. The van der Waals surface area contributed by atoms with Crippen LogP contribution >= 0.6 is 11.6 Å². The van der Waals surface area contributed by atoms with Crippen LogP contribution in [0.25, 0.3) is 0 Å². The summed E-state index contributed by atoms with van der Waals surface area (Å²) in [6.07, 6.45) is 0. The highest BCUT2D eigenvalue weighted by atomic mass is 35.5. The lowest BCUT2D eigenvalue weighted by Gasteiger charge is -2.10. The van der Waals surface area contributed by atoms with E-state index in [-0.39, 0.29) is 10.7 Å². The van der Waals surface area contributed by atoms with Crippen molar-refractivity contribution in [2.45, 2.75) is 0 Å². The number of halogens is 2. The number of hydrogen-bond acceptors (Lipinski definition) is 4. The molecule has 2 rings (SSSR count). The van der Waals surface area contributed by atoms with E-state index in [1.807, 2.05) is 0 Å². The van der Waals surface area contributed by atoms with Crippen molar-refractivity contribution >= 4 is 34.4 Å². The number of nitrogens with one attached hydrogen (secondary N) is 2. The van der Waals surface area contributed by atoms with Crippen LogP contribution in [0, 0.1) is 15.9 Å². The van der Waals surface area contributed by atoms with Gasteiger partial charge in [-0.1, -0.05) is 11.6 Å². The first-order chi connectivity index (χ1) is 9.49. The molecule has 0 atom stereocenters. The van der Waals surface area contributed by atoms with Crippen LogP contribution in [-0.4, -0.2) is 12.0 Å². The number of anilines is 3. The Bertz CT molecular complexity index is 664. The van der Waals surface area contributed by atoms with Gasteiger partial charge in [0.1, 0.15) is 5.82 Å². The van der Waals surface area contributed by atoms with E-state index in [2.05, 4.69) is 10.6 Å². The van der Waals surface area contributed by atoms with Gasteiger partial charge in [0.2, 0.25) is 0 Å². The summed E-state index contributed by atoms with van der Waals surface area (Å²) in [6.45, 7) is 0. The number of nitro benzene ring substituents is 1. The van der Waals surface area contributed by atoms with Gasteiger partial charge in [-0.2, -0.15) is 0 Å². The molecule has 2 N–H and O–H groups in total. The summed E-state index contributed by atoms with van der Waals surface area (Å²) in [6, 6.07) is 8.37. The highest BCUT2D eigenvalue weighted by molar-refractivity contribution is 6.33. The van der Waals surface area contributed by atoms with E-state index >= 15 is 0 Å². The monoisotopic (exact) mass is 295 g/mol. The molecule has 0 aliphatic carbocycles. The van der Waals surface area contributed by atoms with Crippen LogP contribution in [0.2, 0.25) is 5.02 Å². The third kappa shape index (κ3) is 3.16. The van der Waals surface area contributed by atoms with Crippen molar-refractivity contribution < 1.29 is 9.31 Å². The zero-order valence-electron chi connectivity index (χ0n) is 10.5. The lowest BCUT2D eigenvalue weighted by atomic mass is 10.2. The number of rotatable bonds is 4. The van der Waals surface area contributed by atoms with E-state index in [0.717, 1.165) is 0 Å². The summed E-state index contributed by atoms with van der Waals surface area (Å²) in [5.74, 6) is -0.449. The van der Waals surface area contributed by atoms with Gasteiger partial charge >= 0.3 is 0 Å². The Balaban J connectivity index is 2.37. The first-order valence-electron chi connectivity index (χ1n) is 5.69. The molecule has 0 unspecified atom stereocenters. The second kappa shape index (κ2) is 5.75. The molecule has 0 saturated carbocycles. The number of benzene rings is 2.